The van der Waals surface area contributed by atoms with Crippen molar-refractivity contribution >= 4 is 17.4 Å². The third-order valence-corrected chi connectivity index (χ3v) is 3.35. The highest BCUT2D eigenvalue weighted by Gasteiger charge is 2.25. The summed E-state index contributed by atoms with van der Waals surface area (Å²) in [4.78, 5) is 16.4. The molecule has 0 saturated heterocycles. The van der Waals surface area contributed by atoms with Crippen LogP contribution in [-0.2, 0) is 6.54 Å². The molecule has 0 saturated carbocycles. The zero-order valence-electron chi connectivity index (χ0n) is 12.2. The van der Waals surface area contributed by atoms with E-state index in [0.717, 1.165) is 12.8 Å². The van der Waals surface area contributed by atoms with Crippen LogP contribution in [0.15, 0.2) is 17.2 Å². The number of hydrogen-bond acceptors (Lipinski definition) is 3. The third kappa shape index (κ3) is 4.53. The Morgan fingerprint density at radius 3 is 2.68 bits per heavy atom. The van der Waals surface area contributed by atoms with Gasteiger partial charge in [0.15, 0.2) is 5.82 Å². The summed E-state index contributed by atoms with van der Waals surface area (Å²) in [5.41, 5.74) is -0.0396. The fraction of sp³-hybridized carbons (Fsp3) is 0.714. The second kappa shape index (κ2) is 6.94. The zero-order valence-corrected chi connectivity index (χ0v) is 13.0. The molecule has 0 aliphatic heterocycles. The van der Waals surface area contributed by atoms with Crippen molar-refractivity contribution in [3.05, 3.63) is 22.7 Å². The van der Waals surface area contributed by atoms with Crippen LogP contribution in [0.3, 0.4) is 0 Å². The smallest absolute Gasteiger partial charge is 0.293 e. The zero-order chi connectivity index (χ0) is 14.5. The van der Waals surface area contributed by atoms with E-state index in [2.05, 4.69) is 31.1 Å². The van der Waals surface area contributed by atoms with E-state index in [1.54, 1.807) is 17.0 Å². The first kappa shape index (κ1) is 16.0. The van der Waals surface area contributed by atoms with Gasteiger partial charge < -0.3 is 9.88 Å². The first-order chi connectivity index (χ1) is 8.90. The lowest BCUT2D eigenvalue weighted by molar-refractivity contribution is 0.333. The fourth-order valence-corrected chi connectivity index (χ4v) is 2.18. The number of nitrogens with one attached hydrogen (secondary N) is 1. The minimum atomic E-state index is -0.0619. The molecule has 0 aromatic carbocycles. The lowest BCUT2D eigenvalue weighted by atomic mass is 9.85. The maximum atomic E-state index is 12.2. The van der Waals surface area contributed by atoms with Crippen molar-refractivity contribution in [2.24, 2.45) is 5.41 Å². The van der Waals surface area contributed by atoms with Crippen LogP contribution in [0.5, 0.6) is 0 Å². The molecule has 19 heavy (non-hydrogen) atoms. The van der Waals surface area contributed by atoms with Crippen LogP contribution in [0.1, 0.15) is 40.5 Å². The van der Waals surface area contributed by atoms with Crippen molar-refractivity contribution in [3.8, 4) is 0 Å². The average Bonchev–Trinajstić information content (AvgIpc) is 2.32. The lowest BCUT2D eigenvalue weighted by Gasteiger charge is -2.31. The summed E-state index contributed by atoms with van der Waals surface area (Å²) in [5.74, 6) is 0.978. The molecule has 0 radical (unpaired) electrons. The first-order valence-electron chi connectivity index (χ1n) is 6.78. The average molecular weight is 286 g/mol. The lowest BCUT2D eigenvalue weighted by Crippen LogP contribution is -2.37. The van der Waals surface area contributed by atoms with Crippen LogP contribution in [-0.4, -0.2) is 21.5 Å². The SMILES string of the molecule is CCCn1ccnc(NC(CCCl)C(C)(C)C)c1=O. The van der Waals surface area contributed by atoms with Crippen LogP contribution >= 0.6 is 11.6 Å². The molecule has 1 atom stereocenters. The van der Waals surface area contributed by atoms with E-state index in [-0.39, 0.29) is 17.0 Å². The van der Waals surface area contributed by atoms with Gasteiger partial charge in [-0.15, -0.1) is 11.6 Å². The number of rotatable bonds is 6. The highest BCUT2D eigenvalue weighted by Crippen LogP contribution is 2.24. The number of aromatic nitrogens is 2. The Morgan fingerprint density at radius 2 is 2.16 bits per heavy atom. The molecule has 0 spiro atoms. The summed E-state index contributed by atoms with van der Waals surface area (Å²) in [5, 5.41) is 3.26. The molecule has 1 unspecified atom stereocenters. The van der Waals surface area contributed by atoms with Gasteiger partial charge in [0.1, 0.15) is 0 Å². The summed E-state index contributed by atoms with van der Waals surface area (Å²) in [6.07, 6.45) is 5.12. The minimum absolute atomic E-state index is 0.0223. The van der Waals surface area contributed by atoms with Crippen LogP contribution in [0.4, 0.5) is 5.82 Å². The van der Waals surface area contributed by atoms with Gasteiger partial charge in [0, 0.05) is 30.9 Å². The molecule has 4 nitrogen and oxygen atoms in total. The maximum absolute atomic E-state index is 12.2. The second-order valence-electron chi connectivity index (χ2n) is 5.82. The van der Waals surface area contributed by atoms with Crippen LogP contribution in [0.25, 0.3) is 0 Å². The molecule has 1 aromatic heterocycles. The van der Waals surface area contributed by atoms with Crippen LogP contribution < -0.4 is 10.9 Å². The first-order valence-corrected chi connectivity index (χ1v) is 7.31. The van der Waals surface area contributed by atoms with Crippen molar-refractivity contribution in [2.75, 3.05) is 11.2 Å². The van der Waals surface area contributed by atoms with Gasteiger partial charge in [0.05, 0.1) is 0 Å². The molecule has 0 amide bonds. The van der Waals surface area contributed by atoms with E-state index in [9.17, 15) is 4.79 Å². The molecule has 1 aromatic rings. The quantitative estimate of drug-likeness (QED) is 0.817. The van der Waals surface area contributed by atoms with Gasteiger partial charge >= 0.3 is 0 Å². The van der Waals surface area contributed by atoms with Gasteiger partial charge in [-0.2, -0.15) is 0 Å². The summed E-state index contributed by atoms with van der Waals surface area (Å²) < 4.78 is 1.69. The molecule has 1 N–H and O–H groups in total. The number of aryl methyl sites for hydroxylation is 1. The second-order valence-corrected chi connectivity index (χ2v) is 6.19. The Balaban J connectivity index is 2.97. The van der Waals surface area contributed by atoms with Gasteiger partial charge in [-0.05, 0) is 18.3 Å². The van der Waals surface area contributed by atoms with Crippen molar-refractivity contribution < 1.29 is 0 Å². The van der Waals surface area contributed by atoms with Gasteiger partial charge in [-0.3, -0.25) is 4.79 Å². The van der Waals surface area contributed by atoms with E-state index in [4.69, 9.17) is 11.6 Å². The highest BCUT2D eigenvalue weighted by atomic mass is 35.5. The van der Waals surface area contributed by atoms with Gasteiger partial charge in [-0.25, -0.2) is 4.98 Å². The summed E-state index contributed by atoms with van der Waals surface area (Å²) in [7, 11) is 0. The van der Waals surface area contributed by atoms with E-state index in [0.29, 0.717) is 18.2 Å². The molecule has 0 aliphatic carbocycles. The van der Waals surface area contributed by atoms with Crippen molar-refractivity contribution in [2.45, 2.75) is 53.1 Å². The standard InChI is InChI=1S/C14H24ClN3O/c1-5-9-18-10-8-16-12(13(18)19)17-11(6-7-15)14(2,3)4/h8,10-11H,5-7,9H2,1-4H3,(H,16,17). The highest BCUT2D eigenvalue weighted by molar-refractivity contribution is 6.17. The van der Waals surface area contributed by atoms with Crippen LogP contribution in [0, 0.1) is 5.41 Å². The molecule has 0 bridgehead atoms. The topological polar surface area (TPSA) is 46.9 Å². The number of halogens is 1. The molecular formula is C14H24ClN3O. The minimum Gasteiger partial charge on any atom is -0.362 e. The Labute approximate surface area is 120 Å². The number of nitrogens with zero attached hydrogens (tertiary/aromatic N) is 2. The molecule has 108 valence electrons. The molecule has 5 heteroatoms. The monoisotopic (exact) mass is 285 g/mol. The van der Waals surface area contributed by atoms with Gasteiger partial charge in [0.2, 0.25) is 0 Å². The number of anilines is 1. The van der Waals surface area contributed by atoms with Crippen molar-refractivity contribution in [3.63, 3.8) is 0 Å². The molecule has 0 aliphatic rings. The normalized spacial score (nSPS) is 13.3. The molecule has 1 rings (SSSR count). The van der Waals surface area contributed by atoms with Crippen molar-refractivity contribution in [1.82, 2.24) is 9.55 Å². The Kier molecular flexibility index (Phi) is 5.85. The van der Waals surface area contributed by atoms with Crippen LogP contribution in [0.2, 0.25) is 0 Å². The fourth-order valence-electron chi connectivity index (χ4n) is 1.96. The molecule has 0 fully saturated rings. The van der Waals surface area contributed by atoms with E-state index in [1.807, 2.05) is 6.92 Å². The predicted molar refractivity (Wildman–Crippen MR) is 81.0 cm³/mol. The summed E-state index contributed by atoms with van der Waals surface area (Å²) in [6, 6.07) is 0.127. The maximum Gasteiger partial charge on any atom is 0.293 e. The third-order valence-electron chi connectivity index (χ3n) is 3.13. The Morgan fingerprint density at radius 1 is 1.47 bits per heavy atom. The largest absolute Gasteiger partial charge is 0.362 e. The summed E-state index contributed by atoms with van der Waals surface area (Å²) >= 11 is 5.85. The van der Waals surface area contributed by atoms with E-state index < -0.39 is 0 Å². The predicted octanol–water partition coefficient (Wildman–Crippen LogP) is 3.11. The van der Waals surface area contributed by atoms with Crippen molar-refractivity contribution in [1.29, 1.82) is 0 Å². The number of alkyl halides is 1. The molecular weight excluding hydrogens is 262 g/mol. The molecule has 1 heterocycles. The summed E-state index contributed by atoms with van der Waals surface area (Å²) in [6.45, 7) is 9.15. The van der Waals surface area contributed by atoms with E-state index >= 15 is 0 Å². The Hall–Kier alpha value is -1.03. The van der Waals surface area contributed by atoms with Gasteiger partial charge in [0.25, 0.3) is 5.56 Å². The van der Waals surface area contributed by atoms with Gasteiger partial charge in [-0.1, -0.05) is 27.7 Å². The van der Waals surface area contributed by atoms with E-state index in [1.165, 1.54) is 0 Å². The number of hydrogen-bond donors (Lipinski definition) is 1. The Bertz CT molecular complexity index is 451.